The maximum atomic E-state index is 13.4. The Morgan fingerprint density at radius 1 is 1.47 bits per heavy atom. The van der Waals surface area contributed by atoms with Crippen molar-refractivity contribution < 1.29 is 22.7 Å². The van der Waals surface area contributed by atoms with Gasteiger partial charge in [-0.05, 0) is 37.5 Å². The maximum absolute atomic E-state index is 13.4. The zero-order valence-electron chi connectivity index (χ0n) is 10.9. The van der Waals surface area contributed by atoms with Gasteiger partial charge in [0.15, 0.2) is 9.84 Å². The van der Waals surface area contributed by atoms with Gasteiger partial charge in [0.2, 0.25) is 0 Å². The fraction of sp³-hybridized carbons (Fsp3) is 0.538. The van der Waals surface area contributed by atoms with Gasteiger partial charge in [0.25, 0.3) is 0 Å². The van der Waals surface area contributed by atoms with E-state index in [1.54, 1.807) is 0 Å². The van der Waals surface area contributed by atoms with Gasteiger partial charge < -0.3 is 9.84 Å². The summed E-state index contributed by atoms with van der Waals surface area (Å²) in [5, 5.41) is 9.85. The molecule has 2 rings (SSSR count). The number of ether oxygens (including phenoxy) is 1. The molecule has 1 aromatic rings. The topological polar surface area (TPSA) is 63.6 Å². The second-order valence-electron chi connectivity index (χ2n) is 4.98. The molecule has 1 saturated carbocycles. The van der Waals surface area contributed by atoms with Crippen molar-refractivity contribution in [3.05, 3.63) is 29.6 Å². The Hall–Kier alpha value is -1.14. The van der Waals surface area contributed by atoms with Crippen LogP contribution in [0.3, 0.4) is 0 Å². The summed E-state index contributed by atoms with van der Waals surface area (Å²) in [6.07, 6.45) is 2.33. The lowest BCUT2D eigenvalue weighted by atomic mass is 9.91. The number of sulfone groups is 1. The van der Waals surface area contributed by atoms with Crippen LogP contribution in [0, 0.1) is 5.82 Å². The van der Waals surface area contributed by atoms with Gasteiger partial charge in [0.05, 0.1) is 12.4 Å². The molecule has 1 aliphatic rings. The van der Waals surface area contributed by atoms with Crippen LogP contribution in [-0.4, -0.2) is 32.1 Å². The first kappa shape index (κ1) is 14.3. The molecule has 0 spiro atoms. The van der Waals surface area contributed by atoms with Crippen molar-refractivity contribution in [1.82, 2.24) is 0 Å². The molecule has 0 aromatic heterocycles. The summed E-state index contributed by atoms with van der Waals surface area (Å²) < 4.78 is 42.2. The van der Waals surface area contributed by atoms with Crippen LogP contribution in [0.5, 0.6) is 5.75 Å². The molecule has 6 heteroatoms. The summed E-state index contributed by atoms with van der Waals surface area (Å²) in [5.74, 6) is -0.220. The largest absolute Gasteiger partial charge is 0.496 e. The van der Waals surface area contributed by atoms with Gasteiger partial charge in [-0.25, -0.2) is 12.8 Å². The molecule has 4 nitrogen and oxygen atoms in total. The van der Waals surface area contributed by atoms with Crippen molar-refractivity contribution in [3.8, 4) is 5.75 Å². The lowest BCUT2D eigenvalue weighted by Crippen LogP contribution is -2.40. The highest BCUT2D eigenvalue weighted by Crippen LogP contribution is 2.45. The fourth-order valence-electron chi connectivity index (χ4n) is 2.85. The second kappa shape index (κ2) is 4.76. The molecule has 106 valence electrons. The number of hydrogen-bond donors (Lipinski definition) is 1. The van der Waals surface area contributed by atoms with Crippen molar-refractivity contribution in [2.24, 2.45) is 0 Å². The van der Waals surface area contributed by atoms with E-state index in [1.807, 2.05) is 0 Å². The Kier molecular flexibility index (Phi) is 3.57. The molecule has 1 aliphatic carbocycles. The predicted molar refractivity (Wildman–Crippen MR) is 69.3 cm³/mol. The van der Waals surface area contributed by atoms with Crippen LogP contribution in [0.25, 0.3) is 0 Å². The van der Waals surface area contributed by atoms with Crippen LogP contribution in [0.2, 0.25) is 0 Å². The van der Waals surface area contributed by atoms with E-state index in [1.165, 1.54) is 19.2 Å². The van der Waals surface area contributed by atoms with Gasteiger partial charge in [-0.15, -0.1) is 0 Å². The predicted octanol–water partition coefficient (Wildman–Crippen LogP) is 1.62. The van der Waals surface area contributed by atoms with Crippen molar-refractivity contribution in [3.63, 3.8) is 0 Å². The highest BCUT2D eigenvalue weighted by molar-refractivity contribution is 7.91. The number of halogens is 1. The summed E-state index contributed by atoms with van der Waals surface area (Å²) in [7, 11) is -2.02. The molecule has 0 aliphatic heterocycles. The zero-order chi connectivity index (χ0) is 14.3. The normalized spacial score (nSPS) is 27.5. The quantitative estimate of drug-likeness (QED) is 0.918. The first-order valence-electron chi connectivity index (χ1n) is 6.04. The molecular weight excluding hydrogens is 271 g/mol. The highest BCUT2D eigenvalue weighted by atomic mass is 32.2. The average molecular weight is 288 g/mol. The van der Waals surface area contributed by atoms with E-state index < -0.39 is 26.5 Å². The van der Waals surface area contributed by atoms with Gasteiger partial charge in [-0.2, -0.15) is 0 Å². The van der Waals surface area contributed by atoms with Crippen molar-refractivity contribution in [2.75, 3.05) is 13.4 Å². The first-order chi connectivity index (χ1) is 8.79. The van der Waals surface area contributed by atoms with E-state index in [-0.39, 0.29) is 12.0 Å². The molecule has 0 heterocycles. The minimum absolute atomic E-state index is 0.211. The van der Waals surface area contributed by atoms with Crippen LogP contribution < -0.4 is 4.74 Å². The first-order valence-corrected chi connectivity index (χ1v) is 8.00. The monoisotopic (exact) mass is 288 g/mol. The molecule has 0 radical (unpaired) electrons. The fourth-order valence-corrected chi connectivity index (χ4v) is 4.40. The van der Waals surface area contributed by atoms with Gasteiger partial charge in [-0.1, -0.05) is 0 Å². The van der Waals surface area contributed by atoms with E-state index in [9.17, 15) is 17.9 Å². The van der Waals surface area contributed by atoms with Gasteiger partial charge in [0, 0.05) is 11.8 Å². The van der Waals surface area contributed by atoms with Crippen molar-refractivity contribution in [2.45, 2.75) is 30.1 Å². The molecule has 19 heavy (non-hydrogen) atoms. The number of benzene rings is 1. The maximum Gasteiger partial charge on any atom is 0.153 e. The molecule has 1 aromatic carbocycles. The Balaban J connectivity index is 2.58. The van der Waals surface area contributed by atoms with E-state index in [4.69, 9.17) is 4.74 Å². The van der Waals surface area contributed by atoms with Crippen LogP contribution in [-0.2, 0) is 15.4 Å². The van der Waals surface area contributed by atoms with E-state index in [0.717, 1.165) is 12.3 Å². The molecule has 1 N–H and O–H groups in total. The molecule has 2 unspecified atom stereocenters. The summed E-state index contributed by atoms with van der Waals surface area (Å²) in [6, 6.07) is 3.78. The van der Waals surface area contributed by atoms with Crippen LogP contribution in [0.15, 0.2) is 18.2 Å². The van der Waals surface area contributed by atoms with Gasteiger partial charge in [0.1, 0.15) is 17.2 Å². The summed E-state index contributed by atoms with van der Waals surface area (Å²) in [5.41, 5.74) is -1.37. The Labute approximate surface area is 112 Å². The summed E-state index contributed by atoms with van der Waals surface area (Å²) >= 11 is 0. The highest BCUT2D eigenvalue weighted by Gasteiger charge is 2.49. The summed E-state index contributed by atoms with van der Waals surface area (Å²) in [4.78, 5) is 0. The standard InChI is InChI=1S/C13H17FO4S/c1-18-11-6-5-9(14)8-10(11)13(15)7-3-4-12(13)19(2,16)17/h5-6,8,12,15H,3-4,7H2,1-2H3. The molecule has 0 amide bonds. The van der Waals surface area contributed by atoms with Gasteiger partial charge >= 0.3 is 0 Å². The van der Waals surface area contributed by atoms with Crippen molar-refractivity contribution >= 4 is 9.84 Å². The second-order valence-corrected chi connectivity index (χ2v) is 7.21. The Morgan fingerprint density at radius 3 is 2.74 bits per heavy atom. The number of methoxy groups -OCH3 is 1. The minimum Gasteiger partial charge on any atom is -0.496 e. The van der Waals surface area contributed by atoms with Crippen molar-refractivity contribution in [1.29, 1.82) is 0 Å². The number of aliphatic hydroxyl groups is 1. The van der Waals surface area contributed by atoms with Crippen LogP contribution in [0.4, 0.5) is 4.39 Å². The summed E-state index contributed by atoms with van der Waals surface area (Å²) in [6.45, 7) is 0. The number of hydrogen-bond acceptors (Lipinski definition) is 4. The third kappa shape index (κ3) is 2.47. The SMILES string of the molecule is COc1ccc(F)cc1C1(O)CCCC1S(C)(=O)=O. The van der Waals surface area contributed by atoms with E-state index in [2.05, 4.69) is 0 Å². The lowest BCUT2D eigenvalue weighted by molar-refractivity contribution is 0.0448. The average Bonchev–Trinajstić information content (AvgIpc) is 2.72. The third-order valence-corrected chi connectivity index (χ3v) is 5.36. The zero-order valence-corrected chi connectivity index (χ0v) is 11.7. The lowest BCUT2D eigenvalue weighted by Gasteiger charge is -2.30. The van der Waals surface area contributed by atoms with Crippen LogP contribution in [0.1, 0.15) is 24.8 Å². The van der Waals surface area contributed by atoms with Crippen LogP contribution >= 0.6 is 0 Å². The third-order valence-electron chi connectivity index (χ3n) is 3.70. The Bertz CT molecular complexity index is 584. The molecule has 0 saturated heterocycles. The van der Waals surface area contributed by atoms with E-state index >= 15 is 0 Å². The minimum atomic E-state index is -3.42. The smallest absolute Gasteiger partial charge is 0.153 e. The van der Waals surface area contributed by atoms with E-state index in [0.29, 0.717) is 18.6 Å². The molecule has 1 fully saturated rings. The Morgan fingerprint density at radius 2 is 2.16 bits per heavy atom. The molecule has 0 bridgehead atoms. The number of rotatable bonds is 3. The molecular formula is C13H17FO4S. The van der Waals surface area contributed by atoms with Gasteiger partial charge in [-0.3, -0.25) is 0 Å². The molecule has 2 atom stereocenters.